The number of hydrogen-bond acceptors (Lipinski definition) is 3. The van der Waals surface area contributed by atoms with Crippen molar-refractivity contribution in [1.82, 2.24) is 10.3 Å². The van der Waals surface area contributed by atoms with Crippen LogP contribution in [0.15, 0.2) is 29.8 Å². The summed E-state index contributed by atoms with van der Waals surface area (Å²) in [4.78, 5) is 5.66. The summed E-state index contributed by atoms with van der Waals surface area (Å²) in [6.45, 7) is 5.23. The van der Waals surface area contributed by atoms with E-state index in [1.807, 2.05) is 5.51 Å². The lowest BCUT2D eigenvalue weighted by atomic mass is 9.75. The molecule has 2 nitrogen and oxygen atoms in total. The van der Waals surface area contributed by atoms with Gasteiger partial charge in [-0.3, -0.25) is 0 Å². The highest BCUT2D eigenvalue weighted by molar-refractivity contribution is 7.09. The van der Waals surface area contributed by atoms with Gasteiger partial charge in [0.2, 0.25) is 0 Å². The van der Waals surface area contributed by atoms with Gasteiger partial charge in [-0.05, 0) is 38.2 Å². The van der Waals surface area contributed by atoms with E-state index >= 15 is 0 Å². The predicted molar refractivity (Wildman–Crippen MR) is 80.6 cm³/mol. The zero-order valence-electron chi connectivity index (χ0n) is 11.5. The van der Waals surface area contributed by atoms with E-state index < -0.39 is 0 Å². The maximum Gasteiger partial charge on any atom is 0.0798 e. The summed E-state index contributed by atoms with van der Waals surface area (Å²) in [5.41, 5.74) is 5.98. The molecule has 1 saturated carbocycles. The topological polar surface area (TPSA) is 24.9 Å². The van der Waals surface area contributed by atoms with Gasteiger partial charge in [0.15, 0.2) is 0 Å². The molecule has 1 aliphatic carbocycles. The first-order chi connectivity index (χ1) is 9.22. The van der Waals surface area contributed by atoms with Gasteiger partial charge in [-0.25, -0.2) is 4.98 Å². The highest BCUT2D eigenvalue weighted by Gasteiger charge is 2.29. The number of thiazole rings is 1. The average Bonchev–Trinajstić information content (AvgIpc) is 2.73. The van der Waals surface area contributed by atoms with Gasteiger partial charge in [-0.1, -0.05) is 29.8 Å². The van der Waals surface area contributed by atoms with Crippen LogP contribution in [0.4, 0.5) is 0 Å². The number of nitrogens with one attached hydrogen (secondary N) is 1. The van der Waals surface area contributed by atoms with Crippen LogP contribution in [-0.2, 0) is 6.54 Å². The Bertz CT molecular complexity index is 555. The second-order valence-corrected chi connectivity index (χ2v) is 6.46. The number of benzene rings is 1. The average molecular weight is 272 g/mol. The first kappa shape index (κ1) is 12.8. The van der Waals surface area contributed by atoms with E-state index in [0.717, 1.165) is 12.5 Å². The number of hydrogen-bond donors (Lipinski definition) is 1. The molecule has 100 valence electrons. The van der Waals surface area contributed by atoms with Crippen molar-refractivity contribution in [1.29, 1.82) is 0 Å². The van der Waals surface area contributed by atoms with Gasteiger partial charge in [-0.2, -0.15) is 0 Å². The molecule has 1 heterocycles. The smallest absolute Gasteiger partial charge is 0.0798 e. The van der Waals surface area contributed by atoms with Crippen molar-refractivity contribution >= 4 is 11.3 Å². The maximum atomic E-state index is 4.29. The molecule has 0 unspecified atom stereocenters. The number of aromatic nitrogens is 1. The third-order valence-corrected chi connectivity index (χ3v) is 4.98. The van der Waals surface area contributed by atoms with Crippen molar-refractivity contribution in [3.05, 3.63) is 51.5 Å². The molecule has 0 atom stereocenters. The maximum absolute atomic E-state index is 4.29. The van der Waals surface area contributed by atoms with Crippen LogP contribution in [0.5, 0.6) is 0 Å². The molecule has 0 spiro atoms. The minimum absolute atomic E-state index is 0.673. The monoisotopic (exact) mass is 272 g/mol. The Morgan fingerprint density at radius 1 is 1.32 bits per heavy atom. The Kier molecular flexibility index (Phi) is 3.67. The summed E-state index contributed by atoms with van der Waals surface area (Å²) in [6.07, 6.45) is 2.53. The fraction of sp³-hybridized carbons (Fsp3) is 0.438. The van der Waals surface area contributed by atoms with Crippen molar-refractivity contribution in [3.63, 3.8) is 0 Å². The molecule has 0 bridgehead atoms. The van der Waals surface area contributed by atoms with Gasteiger partial charge >= 0.3 is 0 Å². The molecule has 0 saturated heterocycles. The van der Waals surface area contributed by atoms with Gasteiger partial charge in [0.1, 0.15) is 0 Å². The zero-order chi connectivity index (χ0) is 13.2. The Labute approximate surface area is 118 Å². The summed E-state index contributed by atoms with van der Waals surface area (Å²) >= 11 is 1.75. The van der Waals surface area contributed by atoms with Crippen LogP contribution >= 0.6 is 11.3 Å². The lowest BCUT2D eigenvalue weighted by Crippen LogP contribution is -2.39. The molecule has 0 amide bonds. The fourth-order valence-corrected chi connectivity index (χ4v) is 3.44. The zero-order valence-corrected chi connectivity index (χ0v) is 12.3. The summed E-state index contributed by atoms with van der Waals surface area (Å²) in [5, 5.41) is 3.65. The van der Waals surface area contributed by atoms with E-state index in [2.05, 4.69) is 48.4 Å². The number of rotatable bonds is 4. The lowest BCUT2D eigenvalue weighted by molar-refractivity contribution is 0.290. The van der Waals surface area contributed by atoms with E-state index in [-0.39, 0.29) is 0 Å². The first-order valence-electron chi connectivity index (χ1n) is 6.91. The van der Waals surface area contributed by atoms with Crippen molar-refractivity contribution in [2.75, 3.05) is 0 Å². The Morgan fingerprint density at radius 3 is 2.84 bits per heavy atom. The van der Waals surface area contributed by atoms with Crippen LogP contribution in [-0.4, -0.2) is 11.0 Å². The van der Waals surface area contributed by atoms with Crippen LogP contribution < -0.4 is 5.32 Å². The highest BCUT2D eigenvalue weighted by atomic mass is 32.1. The van der Waals surface area contributed by atoms with E-state index in [9.17, 15) is 0 Å². The van der Waals surface area contributed by atoms with Gasteiger partial charge in [0.05, 0.1) is 11.2 Å². The van der Waals surface area contributed by atoms with Crippen LogP contribution in [0.1, 0.15) is 40.5 Å². The lowest BCUT2D eigenvalue weighted by Gasteiger charge is -2.36. The minimum Gasteiger partial charge on any atom is -0.309 e. The normalized spacial score (nSPS) is 22.2. The quantitative estimate of drug-likeness (QED) is 0.916. The molecular formula is C16H20N2S. The van der Waals surface area contributed by atoms with Gasteiger partial charge < -0.3 is 5.32 Å². The standard InChI is InChI=1S/C16H20N2S/c1-11-4-3-5-13(6-11)14-7-15(8-14)17-9-16-12(2)18-10-19-16/h3-6,10,14-15,17H,7-9H2,1-2H3. The third kappa shape index (κ3) is 2.88. The van der Waals surface area contributed by atoms with Crippen LogP contribution in [0.25, 0.3) is 0 Å². The molecule has 3 heteroatoms. The summed E-state index contributed by atoms with van der Waals surface area (Å²) in [6, 6.07) is 9.61. The second kappa shape index (κ2) is 5.43. The Hall–Kier alpha value is -1.19. The van der Waals surface area contributed by atoms with Crippen molar-refractivity contribution in [2.24, 2.45) is 0 Å². The predicted octanol–water partition coefficient (Wildman–Crippen LogP) is 3.80. The fourth-order valence-electron chi connectivity index (χ4n) is 2.71. The van der Waals surface area contributed by atoms with E-state index in [1.54, 1.807) is 11.3 Å². The van der Waals surface area contributed by atoms with Gasteiger partial charge in [0.25, 0.3) is 0 Å². The summed E-state index contributed by atoms with van der Waals surface area (Å²) in [5.74, 6) is 0.750. The molecule has 2 aromatic rings. The molecule has 0 radical (unpaired) electrons. The SMILES string of the molecule is Cc1cccc(C2CC(NCc3scnc3C)C2)c1. The second-order valence-electron chi connectivity index (χ2n) is 5.52. The Morgan fingerprint density at radius 2 is 2.16 bits per heavy atom. The highest BCUT2D eigenvalue weighted by Crippen LogP contribution is 2.37. The molecule has 3 rings (SSSR count). The molecular weight excluding hydrogens is 252 g/mol. The number of aryl methyl sites for hydroxylation is 2. The largest absolute Gasteiger partial charge is 0.309 e. The molecule has 1 aromatic heterocycles. The summed E-state index contributed by atoms with van der Waals surface area (Å²) < 4.78 is 0. The molecule has 1 aromatic carbocycles. The molecule has 0 aliphatic heterocycles. The Balaban J connectivity index is 1.49. The van der Waals surface area contributed by atoms with Crippen LogP contribution in [0.2, 0.25) is 0 Å². The molecule has 1 fully saturated rings. The first-order valence-corrected chi connectivity index (χ1v) is 7.79. The van der Waals surface area contributed by atoms with Gasteiger partial charge in [0, 0.05) is 17.5 Å². The summed E-state index contributed by atoms with van der Waals surface area (Å²) in [7, 11) is 0. The van der Waals surface area contributed by atoms with Crippen LogP contribution in [0.3, 0.4) is 0 Å². The van der Waals surface area contributed by atoms with Crippen molar-refractivity contribution < 1.29 is 0 Å². The molecule has 19 heavy (non-hydrogen) atoms. The van der Waals surface area contributed by atoms with Crippen LogP contribution in [0, 0.1) is 13.8 Å². The van der Waals surface area contributed by atoms with E-state index in [1.165, 1.54) is 34.5 Å². The van der Waals surface area contributed by atoms with Crippen molar-refractivity contribution in [3.8, 4) is 0 Å². The van der Waals surface area contributed by atoms with Gasteiger partial charge in [-0.15, -0.1) is 11.3 Å². The number of nitrogens with zero attached hydrogens (tertiary/aromatic N) is 1. The third-order valence-electron chi connectivity index (χ3n) is 4.05. The van der Waals surface area contributed by atoms with Crippen molar-refractivity contribution in [2.45, 2.75) is 45.2 Å². The molecule has 1 aliphatic rings. The van der Waals surface area contributed by atoms with E-state index in [0.29, 0.717) is 6.04 Å². The minimum atomic E-state index is 0.673. The van der Waals surface area contributed by atoms with E-state index in [4.69, 9.17) is 0 Å². The molecule has 1 N–H and O–H groups in total.